The number of rotatable bonds is 8. The second-order valence-corrected chi connectivity index (χ2v) is 4.68. The largest absolute Gasteiger partial charge is 0.469 e. The Morgan fingerprint density at radius 1 is 1.30 bits per heavy atom. The number of carbonyl (C=O) groups excluding carboxylic acids is 2. The first-order valence-electron chi connectivity index (χ1n) is 6.87. The Morgan fingerprint density at radius 3 is 2.80 bits per heavy atom. The van der Waals surface area contributed by atoms with Crippen molar-refractivity contribution in [3.63, 3.8) is 0 Å². The second-order valence-electron chi connectivity index (χ2n) is 4.68. The summed E-state index contributed by atoms with van der Waals surface area (Å²) in [4.78, 5) is 26.8. The van der Waals surface area contributed by atoms with Crippen molar-refractivity contribution in [3.05, 3.63) is 29.6 Å². The maximum atomic E-state index is 11.7. The Bertz CT molecular complexity index is 446. The topological polar surface area (TPSA) is 68.3 Å². The highest BCUT2D eigenvalue weighted by Crippen LogP contribution is 2.04. The van der Waals surface area contributed by atoms with Gasteiger partial charge >= 0.3 is 5.97 Å². The van der Waals surface area contributed by atoms with Crippen molar-refractivity contribution in [1.29, 1.82) is 0 Å². The molecule has 0 saturated carbocycles. The van der Waals surface area contributed by atoms with E-state index in [9.17, 15) is 9.59 Å². The lowest BCUT2D eigenvalue weighted by Crippen LogP contribution is -2.26. The molecule has 0 aromatic carbocycles. The summed E-state index contributed by atoms with van der Waals surface area (Å²) in [7, 11) is 1.39. The number of methoxy groups -OCH3 is 1. The molecule has 0 aliphatic heterocycles. The van der Waals surface area contributed by atoms with Crippen LogP contribution in [0.15, 0.2) is 18.3 Å². The first-order valence-corrected chi connectivity index (χ1v) is 6.87. The Kier molecular flexibility index (Phi) is 7.32. The molecule has 1 heterocycles. The molecule has 0 radical (unpaired) electrons. The highest BCUT2D eigenvalue weighted by molar-refractivity contribution is 5.78. The van der Waals surface area contributed by atoms with Crippen molar-refractivity contribution >= 4 is 11.9 Å². The summed E-state index contributed by atoms with van der Waals surface area (Å²) < 4.78 is 4.56. The molecular weight excluding hydrogens is 256 g/mol. The van der Waals surface area contributed by atoms with E-state index in [-0.39, 0.29) is 11.9 Å². The number of unbranched alkanes of at least 4 members (excludes halogenated alkanes) is 2. The molecule has 20 heavy (non-hydrogen) atoms. The van der Waals surface area contributed by atoms with Gasteiger partial charge in [0, 0.05) is 19.2 Å². The highest BCUT2D eigenvalue weighted by atomic mass is 16.5. The molecule has 1 rings (SSSR count). The van der Waals surface area contributed by atoms with E-state index in [1.54, 1.807) is 6.20 Å². The number of aromatic nitrogens is 1. The van der Waals surface area contributed by atoms with Gasteiger partial charge in [0.05, 0.1) is 19.2 Å². The predicted octanol–water partition coefficient (Wildman–Crippen LogP) is 1.78. The maximum absolute atomic E-state index is 11.7. The summed E-state index contributed by atoms with van der Waals surface area (Å²) in [6.07, 6.45) is 5.01. The van der Waals surface area contributed by atoms with Gasteiger partial charge in [-0.1, -0.05) is 12.5 Å². The van der Waals surface area contributed by atoms with Gasteiger partial charge in [-0.05, 0) is 31.4 Å². The zero-order valence-corrected chi connectivity index (χ0v) is 12.1. The quantitative estimate of drug-likeness (QED) is 0.581. The minimum Gasteiger partial charge on any atom is -0.469 e. The van der Waals surface area contributed by atoms with Gasteiger partial charge in [-0.25, -0.2) is 0 Å². The number of pyridine rings is 1. The molecule has 110 valence electrons. The van der Waals surface area contributed by atoms with E-state index in [1.165, 1.54) is 7.11 Å². The predicted molar refractivity (Wildman–Crippen MR) is 76.2 cm³/mol. The zero-order chi connectivity index (χ0) is 14.8. The summed E-state index contributed by atoms with van der Waals surface area (Å²) in [6.45, 7) is 2.58. The molecule has 0 saturated heterocycles. The van der Waals surface area contributed by atoms with E-state index in [0.717, 1.165) is 30.5 Å². The van der Waals surface area contributed by atoms with Gasteiger partial charge in [-0.15, -0.1) is 0 Å². The minimum atomic E-state index is -0.181. The third-order valence-corrected chi connectivity index (χ3v) is 3.05. The van der Waals surface area contributed by atoms with E-state index >= 15 is 0 Å². The molecular formula is C15H22N2O3. The fourth-order valence-electron chi connectivity index (χ4n) is 1.82. The van der Waals surface area contributed by atoms with Crippen molar-refractivity contribution < 1.29 is 14.3 Å². The van der Waals surface area contributed by atoms with E-state index in [1.807, 2.05) is 19.1 Å². The number of hydrogen-bond donors (Lipinski definition) is 1. The van der Waals surface area contributed by atoms with Crippen LogP contribution in [0.5, 0.6) is 0 Å². The van der Waals surface area contributed by atoms with Crippen LogP contribution in [0.1, 0.15) is 36.9 Å². The van der Waals surface area contributed by atoms with Crippen LogP contribution in [0.2, 0.25) is 0 Å². The zero-order valence-electron chi connectivity index (χ0n) is 12.1. The van der Waals surface area contributed by atoms with Crippen LogP contribution in [0.3, 0.4) is 0 Å². The number of hydrogen-bond acceptors (Lipinski definition) is 4. The van der Waals surface area contributed by atoms with Gasteiger partial charge in [-0.2, -0.15) is 0 Å². The number of carbonyl (C=O) groups is 2. The van der Waals surface area contributed by atoms with Gasteiger partial charge in [0.15, 0.2) is 0 Å². The molecule has 0 spiro atoms. The third-order valence-electron chi connectivity index (χ3n) is 3.05. The number of nitrogens with one attached hydrogen (secondary N) is 1. The molecule has 0 aliphatic carbocycles. The Hall–Kier alpha value is -1.91. The van der Waals surface area contributed by atoms with Crippen LogP contribution >= 0.6 is 0 Å². The van der Waals surface area contributed by atoms with Crippen molar-refractivity contribution in [2.45, 2.75) is 39.0 Å². The fourth-order valence-corrected chi connectivity index (χ4v) is 1.82. The van der Waals surface area contributed by atoms with Gasteiger partial charge in [0.25, 0.3) is 0 Å². The van der Waals surface area contributed by atoms with Crippen LogP contribution < -0.4 is 5.32 Å². The van der Waals surface area contributed by atoms with Crippen molar-refractivity contribution in [2.75, 3.05) is 13.7 Å². The standard InChI is InChI=1S/C15H22N2O3/c1-12-7-6-10-16-13(12)11-14(18)17-9-5-3-4-8-15(19)20-2/h6-7,10H,3-5,8-9,11H2,1-2H3,(H,17,18). The van der Waals surface area contributed by atoms with Crippen molar-refractivity contribution in [2.24, 2.45) is 0 Å². The number of nitrogens with zero attached hydrogens (tertiary/aromatic N) is 1. The first-order chi connectivity index (χ1) is 9.63. The van der Waals surface area contributed by atoms with Crippen LogP contribution in [-0.4, -0.2) is 30.5 Å². The number of ether oxygens (including phenoxy) is 1. The highest BCUT2D eigenvalue weighted by Gasteiger charge is 2.06. The first kappa shape index (κ1) is 16.1. The summed E-state index contributed by atoms with van der Waals surface area (Å²) in [5.41, 5.74) is 1.84. The average Bonchev–Trinajstić information content (AvgIpc) is 2.44. The lowest BCUT2D eigenvalue weighted by molar-refractivity contribution is -0.140. The lowest BCUT2D eigenvalue weighted by Gasteiger charge is -2.06. The van der Waals surface area contributed by atoms with Gasteiger partial charge in [-0.3, -0.25) is 14.6 Å². The SMILES string of the molecule is COC(=O)CCCCCNC(=O)Cc1ncccc1C. The van der Waals surface area contributed by atoms with E-state index in [0.29, 0.717) is 19.4 Å². The molecule has 5 nitrogen and oxygen atoms in total. The maximum Gasteiger partial charge on any atom is 0.305 e. The smallest absolute Gasteiger partial charge is 0.305 e. The molecule has 0 aliphatic rings. The minimum absolute atomic E-state index is 0.0141. The summed E-state index contributed by atoms with van der Waals surface area (Å²) in [6, 6.07) is 3.81. The molecule has 0 unspecified atom stereocenters. The Balaban J connectivity index is 2.12. The number of aryl methyl sites for hydroxylation is 1. The fraction of sp³-hybridized carbons (Fsp3) is 0.533. The van der Waals surface area contributed by atoms with Crippen LogP contribution in [-0.2, 0) is 20.7 Å². The third kappa shape index (κ3) is 6.31. The average molecular weight is 278 g/mol. The molecule has 0 atom stereocenters. The number of esters is 1. The van der Waals surface area contributed by atoms with Gasteiger partial charge in [0.1, 0.15) is 0 Å². The molecule has 0 fully saturated rings. The summed E-state index contributed by atoms with van der Waals surface area (Å²) in [5, 5.41) is 2.87. The molecule has 1 aromatic rings. The van der Waals surface area contributed by atoms with E-state index in [2.05, 4.69) is 15.0 Å². The van der Waals surface area contributed by atoms with Crippen LogP contribution in [0.25, 0.3) is 0 Å². The second kappa shape index (κ2) is 9.07. The molecule has 1 amide bonds. The Morgan fingerprint density at radius 2 is 2.10 bits per heavy atom. The van der Waals surface area contributed by atoms with E-state index in [4.69, 9.17) is 0 Å². The van der Waals surface area contributed by atoms with Crippen molar-refractivity contribution in [3.8, 4) is 0 Å². The van der Waals surface area contributed by atoms with Gasteiger partial charge < -0.3 is 10.1 Å². The Labute approximate surface area is 119 Å². The van der Waals surface area contributed by atoms with Crippen LogP contribution in [0.4, 0.5) is 0 Å². The van der Waals surface area contributed by atoms with E-state index < -0.39 is 0 Å². The van der Waals surface area contributed by atoms with Crippen LogP contribution in [0, 0.1) is 6.92 Å². The molecule has 1 aromatic heterocycles. The number of amides is 1. The normalized spacial score (nSPS) is 10.1. The van der Waals surface area contributed by atoms with Gasteiger partial charge in [0.2, 0.25) is 5.91 Å². The lowest BCUT2D eigenvalue weighted by atomic mass is 10.1. The molecule has 5 heteroatoms. The van der Waals surface area contributed by atoms with Crippen molar-refractivity contribution in [1.82, 2.24) is 10.3 Å². The monoisotopic (exact) mass is 278 g/mol. The summed E-state index contributed by atoms with van der Waals surface area (Å²) >= 11 is 0. The molecule has 0 bridgehead atoms. The molecule has 1 N–H and O–H groups in total. The summed E-state index contributed by atoms with van der Waals surface area (Å²) in [5.74, 6) is -0.195.